The molecular weight excluding hydrogens is 298 g/mol. The molecule has 2 unspecified atom stereocenters. The molecule has 106 valence electrons. The highest BCUT2D eigenvalue weighted by molar-refractivity contribution is 9.10. The third-order valence-corrected chi connectivity index (χ3v) is 5.56. The monoisotopic (exact) mass is 323 g/mol. The summed E-state index contributed by atoms with van der Waals surface area (Å²) in [5.74, 6) is 0.717. The first-order valence-electron chi connectivity index (χ1n) is 7.66. The van der Waals surface area contributed by atoms with Crippen LogP contribution in [0.15, 0.2) is 28.7 Å². The fraction of sp³-hybridized carbons (Fsp3) is 0.647. The zero-order chi connectivity index (χ0) is 13.9. The van der Waals surface area contributed by atoms with Crippen molar-refractivity contribution in [2.45, 2.75) is 58.4 Å². The van der Waals surface area contributed by atoms with Crippen LogP contribution in [0.2, 0.25) is 0 Å². The molecule has 2 heteroatoms. The second kappa shape index (κ2) is 6.41. The van der Waals surface area contributed by atoms with Crippen LogP contribution in [0.3, 0.4) is 0 Å². The Morgan fingerprint density at radius 1 is 1.26 bits per heavy atom. The van der Waals surface area contributed by atoms with Gasteiger partial charge in [-0.2, -0.15) is 0 Å². The second-order valence-corrected chi connectivity index (χ2v) is 6.71. The number of benzene rings is 1. The van der Waals surface area contributed by atoms with Crippen LogP contribution in [0.5, 0.6) is 0 Å². The average molecular weight is 324 g/mol. The Morgan fingerprint density at radius 2 is 2.00 bits per heavy atom. The molecule has 0 heterocycles. The SMILES string of the molecule is CCCNC1CC(c2cccc(Br)c2)C1(CC)CC. The van der Waals surface area contributed by atoms with Gasteiger partial charge in [-0.05, 0) is 61.3 Å². The fourth-order valence-electron chi connectivity index (χ4n) is 3.82. The number of rotatable bonds is 6. The van der Waals surface area contributed by atoms with Crippen LogP contribution >= 0.6 is 15.9 Å². The summed E-state index contributed by atoms with van der Waals surface area (Å²) < 4.78 is 1.20. The number of hydrogen-bond acceptors (Lipinski definition) is 1. The minimum Gasteiger partial charge on any atom is -0.313 e. The third kappa shape index (κ3) is 2.75. The summed E-state index contributed by atoms with van der Waals surface area (Å²) >= 11 is 3.61. The third-order valence-electron chi connectivity index (χ3n) is 5.07. The Kier molecular flexibility index (Phi) is 5.08. The number of halogens is 1. The van der Waals surface area contributed by atoms with E-state index in [1.165, 1.54) is 35.7 Å². The van der Waals surface area contributed by atoms with Gasteiger partial charge in [0.15, 0.2) is 0 Å². The van der Waals surface area contributed by atoms with E-state index in [1.54, 1.807) is 0 Å². The largest absolute Gasteiger partial charge is 0.313 e. The molecule has 19 heavy (non-hydrogen) atoms. The molecule has 0 spiro atoms. The van der Waals surface area contributed by atoms with Crippen LogP contribution in [0, 0.1) is 5.41 Å². The van der Waals surface area contributed by atoms with Gasteiger partial charge >= 0.3 is 0 Å². The van der Waals surface area contributed by atoms with E-state index in [4.69, 9.17) is 0 Å². The first-order chi connectivity index (χ1) is 9.17. The Bertz CT molecular complexity index is 411. The maximum Gasteiger partial charge on any atom is 0.0178 e. The topological polar surface area (TPSA) is 12.0 Å². The molecule has 1 N–H and O–H groups in total. The van der Waals surface area contributed by atoms with Crippen molar-refractivity contribution >= 4 is 15.9 Å². The van der Waals surface area contributed by atoms with Gasteiger partial charge < -0.3 is 5.32 Å². The van der Waals surface area contributed by atoms with E-state index >= 15 is 0 Å². The molecule has 2 atom stereocenters. The summed E-state index contributed by atoms with van der Waals surface area (Å²) in [6, 6.07) is 9.59. The van der Waals surface area contributed by atoms with Gasteiger partial charge in [-0.1, -0.05) is 48.8 Å². The summed E-state index contributed by atoms with van der Waals surface area (Å²) in [6.45, 7) is 8.11. The van der Waals surface area contributed by atoms with Crippen LogP contribution in [-0.4, -0.2) is 12.6 Å². The quantitative estimate of drug-likeness (QED) is 0.766. The zero-order valence-electron chi connectivity index (χ0n) is 12.4. The van der Waals surface area contributed by atoms with E-state index < -0.39 is 0 Å². The Balaban J connectivity index is 2.18. The lowest BCUT2D eigenvalue weighted by atomic mass is 9.52. The summed E-state index contributed by atoms with van der Waals surface area (Å²) in [5.41, 5.74) is 1.96. The maximum absolute atomic E-state index is 3.76. The lowest BCUT2D eigenvalue weighted by Crippen LogP contribution is -2.58. The standard InChI is InChI=1S/C17H26BrN/c1-4-10-19-16-12-15(17(16,5-2)6-3)13-8-7-9-14(18)11-13/h7-9,11,15-16,19H,4-6,10,12H2,1-3H3. The molecule has 0 radical (unpaired) electrons. The summed E-state index contributed by atoms with van der Waals surface area (Å²) in [7, 11) is 0. The van der Waals surface area contributed by atoms with E-state index in [-0.39, 0.29) is 0 Å². The van der Waals surface area contributed by atoms with Crippen molar-refractivity contribution in [1.29, 1.82) is 0 Å². The first kappa shape index (κ1) is 15.1. The fourth-order valence-corrected chi connectivity index (χ4v) is 4.24. The molecule has 0 aromatic heterocycles. The van der Waals surface area contributed by atoms with Crippen LogP contribution < -0.4 is 5.32 Å². The van der Waals surface area contributed by atoms with Gasteiger partial charge in [-0.3, -0.25) is 0 Å². The van der Waals surface area contributed by atoms with Crippen molar-refractivity contribution in [3.8, 4) is 0 Å². The van der Waals surface area contributed by atoms with Gasteiger partial charge in [0.2, 0.25) is 0 Å². The minimum atomic E-state index is 0.454. The van der Waals surface area contributed by atoms with Crippen molar-refractivity contribution in [1.82, 2.24) is 5.32 Å². The molecule has 0 bridgehead atoms. The lowest BCUT2D eigenvalue weighted by Gasteiger charge is -2.57. The van der Waals surface area contributed by atoms with Crippen molar-refractivity contribution in [3.63, 3.8) is 0 Å². The maximum atomic E-state index is 3.76. The van der Waals surface area contributed by atoms with Gasteiger partial charge in [-0.15, -0.1) is 0 Å². The molecule has 2 rings (SSSR count). The summed E-state index contributed by atoms with van der Waals surface area (Å²) in [5, 5.41) is 3.76. The highest BCUT2D eigenvalue weighted by Gasteiger charge is 2.52. The average Bonchev–Trinajstić information content (AvgIpc) is 2.39. The van der Waals surface area contributed by atoms with Crippen LogP contribution in [0.4, 0.5) is 0 Å². The van der Waals surface area contributed by atoms with Gasteiger partial charge in [-0.25, -0.2) is 0 Å². The van der Waals surface area contributed by atoms with E-state index in [0.717, 1.165) is 6.54 Å². The normalized spacial score (nSPS) is 25.1. The molecule has 1 aliphatic rings. The van der Waals surface area contributed by atoms with Crippen molar-refractivity contribution < 1.29 is 0 Å². The highest BCUT2D eigenvalue weighted by Crippen LogP contribution is 2.57. The Morgan fingerprint density at radius 3 is 2.58 bits per heavy atom. The van der Waals surface area contributed by atoms with Crippen LogP contribution in [0.25, 0.3) is 0 Å². The number of hydrogen-bond donors (Lipinski definition) is 1. The van der Waals surface area contributed by atoms with Gasteiger partial charge in [0, 0.05) is 10.5 Å². The molecule has 1 saturated carbocycles. The molecule has 0 amide bonds. The van der Waals surface area contributed by atoms with E-state index in [0.29, 0.717) is 17.4 Å². The lowest BCUT2D eigenvalue weighted by molar-refractivity contribution is 0.0201. The van der Waals surface area contributed by atoms with Gasteiger partial charge in [0.05, 0.1) is 0 Å². The molecular formula is C17H26BrN. The predicted octanol–water partition coefficient (Wildman–Crippen LogP) is 5.11. The Labute approximate surface area is 126 Å². The van der Waals surface area contributed by atoms with Gasteiger partial charge in [0.25, 0.3) is 0 Å². The van der Waals surface area contributed by atoms with Crippen molar-refractivity contribution in [2.24, 2.45) is 5.41 Å². The highest BCUT2D eigenvalue weighted by atomic mass is 79.9. The molecule has 1 aliphatic carbocycles. The minimum absolute atomic E-state index is 0.454. The van der Waals surface area contributed by atoms with E-state index in [1.807, 2.05) is 0 Å². The van der Waals surface area contributed by atoms with Crippen LogP contribution in [-0.2, 0) is 0 Å². The molecule has 1 aromatic rings. The molecule has 0 saturated heterocycles. The first-order valence-corrected chi connectivity index (χ1v) is 8.46. The molecule has 1 nitrogen and oxygen atoms in total. The van der Waals surface area contributed by atoms with E-state index in [9.17, 15) is 0 Å². The molecule has 0 aliphatic heterocycles. The van der Waals surface area contributed by atoms with Gasteiger partial charge in [0.1, 0.15) is 0 Å². The zero-order valence-corrected chi connectivity index (χ0v) is 14.0. The van der Waals surface area contributed by atoms with Crippen LogP contribution in [0.1, 0.15) is 57.9 Å². The molecule has 1 aromatic carbocycles. The Hall–Kier alpha value is -0.340. The smallest absolute Gasteiger partial charge is 0.0178 e. The molecule has 1 fully saturated rings. The predicted molar refractivity (Wildman–Crippen MR) is 86.6 cm³/mol. The number of nitrogens with one attached hydrogen (secondary N) is 1. The van der Waals surface area contributed by atoms with E-state index in [2.05, 4.69) is 66.3 Å². The second-order valence-electron chi connectivity index (χ2n) is 5.79. The van der Waals surface area contributed by atoms with Crippen molar-refractivity contribution in [2.75, 3.05) is 6.54 Å². The summed E-state index contributed by atoms with van der Waals surface area (Å²) in [4.78, 5) is 0. The van der Waals surface area contributed by atoms with Crippen molar-refractivity contribution in [3.05, 3.63) is 34.3 Å². The summed E-state index contributed by atoms with van der Waals surface area (Å²) in [6.07, 6.45) is 5.05.